The summed E-state index contributed by atoms with van der Waals surface area (Å²) in [7, 11) is 0.559. The molecule has 2 atom stereocenters. The lowest BCUT2D eigenvalue weighted by molar-refractivity contribution is 0.221. The third-order valence-electron chi connectivity index (χ3n) is 5.29. The molecule has 0 aromatic rings. The fourth-order valence-electron chi connectivity index (χ4n) is 1.72. The first kappa shape index (κ1) is 25.1. The maximum absolute atomic E-state index is 6.41. The molecule has 0 spiro atoms. The van der Waals surface area contributed by atoms with Gasteiger partial charge in [-0.2, -0.15) is 0 Å². The van der Waals surface area contributed by atoms with Crippen LogP contribution in [-0.4, -0.2) is 40.3 Å². The quantitative estimate of drug-likeness (QED) is 0.227. The van der Waals surface area contributed by atoms with Gasteiger partial charge in [0.25, 0.3) is 0 Å². The monoisotopic (exact) mass is 410 g/mol. The molecule has 24 heavy (non-hydrogen) atoms. The molecule has 0 N–H and O–H groups in total. The molecule has 0 rings (SSSR count). The molecule has 0 amide bonds. The fourth-order valence-corrected chi connectivity index (χ4v) is 7.28. The van der Waals surface area contributed by atoms with Gasteiger partial charge < -0.3 is 8.85 Å². The van der Waals surface area contributed by atoms with Gasteiger partial charge in [-0.3, -0.25) is 0 Å². The Hall–Kier alpha value is 1.05. The van der Waals surface area contributed by atoms with Crippen molar-refractivity contribution in [3.05, 3.63) is 0 Å². The summed E-state index contributed by atoms with van der Waals surface area (Å²) >= 11 is 0. The van der Waals surface area contributed by atoms with Crippen LogP contribution in [-0.2, 0) is 8.85 Å². The van der Waals surface area contributed by atoms with Crippen molar-refractivity contribution in [1.82, 2.24) is 0 Å². The minimum Gasteiger partial charge on any atom is -0.413 e. The lowest BCUT2D eigenvalue weighted by Gasteiger charge is -2.38. The summed E-state index contributed by atoms with van der Waals surface area (Å²) in [5.41, 5.74) is 0. The lowest BCUT2D eigenvalue weighted by Crippen LogP contribution is -2.44. The van der Waals surface area contributed by atoms with E-state index in [4.69, 9.17) is 8.85 Å². The summed E-state index contributed by atoms with van der Waals surface area (Å²) in [5.74, 6) is 2.09. The second-order valence-corrected chi connectivity index (χ2v) is 22.0. The predicted molar refractivity (Wildman–Crippen MR) is 120 cm³/mol. The predicted octanol–water partition coefficient (Wildman–Crippen LogP) is 7.19. The summed E-state index contributed by atoms with van der Waals surface area (Å²) in [4.78, 5) is 0. The van der Waals surface area contributed by atoms with Crippen molar-refractivity contribution < 1.29 is 8.85 Å². The van der Waals surface area contributed by atoms with Gasteiger partial charge >= 0.3 is 0 Å². The molecule has 0 fully saturated rings. The molecule has 0 bridgehead atoms. The molecular formula is C18H42O2S2Si2. The van der Waals surface area contributed by atoms with Crippen LogP contribution >= 0.6 is 21.6 Å². The van der Waals surface area contributed by atoms with Crippen LogP contribution in [0.25, 0.3) is 0 Å². The van der Waals surface area contributed by atoms with Crippen molar-refractivity contribution >= 4 is 38.2 Å². The summed E-state index contributed by atoms with van der Waals surface area (Å²) in [6.45, 7) is 27.5. The van der Waals surface area contributed by atoms with Gasteiger partial charge in [0.1, 0.15) is 0 Å². The molecule has 2 nitrogen and oxygen atoms in total. The van der Waals surface area contributed by atoms with Gasteiger partial charge in [-0.15, -0.1) is 0 Å². The zero-order valence-electron chi connectivity index (χ0n) is 18.2. The molecule has 146 valence electrons. The van der Waals surface area contributed by atoms with Crippen LogP contribution in [0.2, 0.25) is 36.3 Å². The van der Waals surface area contributed by atoms with E-state index in [1.165, 1.54) is 0 Å². The zero-order chi connectivity index (χ0) is 19.4. The SMILES string of the molecule is CC(CSSCC(C)O[Si](C)(C)C(C)(C)C)O[Si](C)(C)C(C)(C)C. The minimum atomic E-state index is -1.64. The molecule has 0 aromatic carbocycles. The van der Waals surface area contributed by atoms with Crippen molar-refractivity contribution in [2.45, 2.75) is 104 Å². The van der Waals surface area contributed by atoms with Crippen LogP contribution in [0.5, 0.6) is 0 Å². The van der Waals surface area contributed by atoms with Gasteiger partial charge in [-0.1, -0.05) is 63.1 Å². The van der Waals surface area contributed by atoms with Crippen LogP contribution in [0.3, 0.4) is 0 Å². The molecule has 0 radical (unpaired) electrons. The summed E-state index contributed by atoms with van der Waals surface area (Å²) in [6, 6.07) is 0. The van der Waals surface area contributed by atoms with E-state index in [1.54, 1.807) is 0 Å². The standard InChI is InChI=1S/C18H42O2S2Si2/c1-15(19-23(9,10)17(3,4)5)13-21-22-14-16(2)20-24(11,12)18(6,7)8/h15-16H,13-14H2,1-12H3. The molecule has 2 unspecified atom stereocenters. The van der Waals surface area contributed by atoms with E-state index in [-0.39, 0.29) is 10.1 Å². The first-order valence-corrected chi connectivity index (χ1v) is 17.4. The van der Waals surface area contributed by atoms with Gasteiger partial charge in [-0.25, -0.2) is 0 Å². The third-order valence-corrected chi connectivity index (χ3v) is 17.2. The first-order chi connectivity index (χ1) is 10.5. The summed E-state index contributed by atoms with van der Waals surface area (Å²) < 4.78 is 12.8. The highest BCUT2D eigenvalue weighted by atomic mass is 33.1. The normalized spacial score (nSPS) is 17.0. The molecule has 6 heteroatoms. The van der Waals surface area contributed by atoms with Gasteiger partial charge in [0.15, 0.2) is 16.6 Å². The van der Waals surface area contributed by atoms with E-state index in [0.29, 0.717) is 12.2 Å². The van der Waals surface area contributed by atoms with E-state index < -0.39 is 16.6 Å². The highest BCUT2D eigenvalue weighted by Crippen LogP contribution is 2.39. The first-order valence-electron chi connectivity index (χ1n) is 9.09. The molecule has 0 heterocycles. The second kappa shape index (κ2) is 9.31. The van der Waals surface area contributed by atoms with Gasteiger partial charge in [0.2, 0.25) is 0 Å². The molecule has 0 aliphatic carbocycles. The smallest absolute Gasteiger partial charge is 0.192 e. The van der Waals surface area contributed by atoms with Gasteiger partial charge in [0.05, 0.1) is 12.2 Å². The maximum Gasteiger partial charge on any atom is 0.192 e. The van der Waals surface area contributed by atoms with E-state index in [9.17, 15) is 0 Å². The topological polar surface area (TPSA) is 18.5 Å². The number of hydrogen-bond donors (Lipinski definition) is 0. The van der Waals surface area contributed by atoms with Crippen molar-refractivity contribution in [2.24, 2.45) is 0 Å². The Kier molecular flexibility index (Phi) is 9.72. The van der Waals surface area contributed by atoms with Crippen molar-refractivity contribution in [3.8, 4) is 0 Å². The Balaban J connectivity index is 4.14. The molecular weight excluding hydrogens is 369 g/mol. The number of rotatable bonds is 9. The Bertz CT molecular complexity index is 338. The molecule has 0 saturated carbocycles. The van der Waals surface area contributed by atoms with E-state index in [2.05, 4.69) is 81.6 Å². The average molecular weight is 411 g/mol. The molecule has 0 aromatic heterocycles. The maximum atomic E-state index is 6.41. The largest absolute Gasteiger partial charge is 0.413 e. The molecule has 0 aliphatic rings. The van der Waals surface area contributed by atoms with Crippen LogP contribution in [0.1, 0.15) is 55.4 Å². The van der Waals surface area contributed by atoms with E-state index >= 15 is 0 Å². The Morgan fingerprint density at radius 3 is 1.12 bits per heavy atom. The van der Waals surface area contributed by atoms with Crippen LogP contribution in [0.15, 0.2) is 0 Å². The van der Waals surface area contributed by atoms with Gasteiger partial charge in [-0.05, 0) is 50.1 Å². The molecule has 0 aliphatic heterocycles. The van der Waals surface area contributed by atoms with Crippen LogP contribution in [0.4, 0.5) is 0 Å². The Labute approximate surface area is 162 Å². The summed E-state index contributed by atoms with van der Waals surface area (Å²) in [6.07, 6.45) is 0.639. The molecule has 0 saturated heterocycles. The van der Waals surface area contributed by atoms with Crippen LogP contribution < -0.4 is 0 Å². The Morgan fingerprint density at radius 1 is 0.667 bits per heavy atom. The Morgan fingerprint density at radius 2 is 0.917 bits per heavy atom. The lowest BCUT2D eigenvalue weighted by atomic mass is 10.2. The highest BCUT2D eigenvalue weighted by Gasteiger charge is 2.39. The minimum absolute atomic E-state index is 0.282. The van der Waals surface area contributed by atoms with Crippen molar-refractivity contribution in [3.63, 3.8) is 0 Å². The third kappa shape index (κ3) is 8.63. The fraction of sp³-hybridized carbons (Fsp3) is 1.00. The zero-order valence-corrected chi connectivity index (χ0v) is 21.8. The van der Waals surface area contributed by atoms with Crippen molar-refractivity contribution in [1.29, 1.82) is 0 Å². The average Bonchev–Trinajstić information content (AvgIpc) is 2.30. The second-order valence-electron chi connectivity index (χ2n) is 9.95. The van der Waals surface area contributed by atoms with Gasteiger partial charge in [0, 0.05) is 11.5 Å². The van der Waals surface area contributed by atoms with Crippen molar-refractivity contribution in [2.75, 3.05) is 11.5 Å². The summed E-state index contributed by atoms with van der Waals surface area (Å²) in [5, 5.41) is 0.565. The van der Waals surface area contributed by atoms with E-state index in [1.807, 2.05) is 21.6 Å². The van der Waals surface area contributed by atoms with Crippen LogP contribution in [0, 0.1) is 0 Å². The highest BCUT2D eigenvalue weighted by molar-refractivity contribution is 8.76. The van der Waals surface area contributed by atoms with E-state index in [0.717, 1.165) is 11.5 Å². The number of hydrogen-bond acceptors (Lipinski definition) is 4.